The molecule has 0 fully saturated rings. The van der Waals surface area contributed by atoms with E-state index in [1.54, 1.807) is 6.07 Å². The number of benzene rings is 1. The smallest absolute Gasteiger partial charge is 0.178 e. The number of hydrogen-bond donors (Lipinski definition) is 2. The van der Waals surface area contributed by atoms with Crippen LogP contribution in [0.15, 0.2) is 30.3 Å². The number of imidazole rings is 1. The van der Waals surface area contributed by atoms with Crippen molar-refractivity contribution in [2.24, 2.45) is 0 Å². The van der Waals surface area contributed by atoms with Crippen LogP contribution in [0.25, 0.3) is 22.6 Å². The van der Waals surface area contributed by atoms with Crippen molar-refractivity contribution in [1.29, 1.82) is 0 Å². The Morgan fingerprint density at radius 1 is 1.17 bits per heavy atom. The van der Waals surface area contributed by atoms with Crippen molar-refractivity contribution in [2.45, 2.75) is 6.92 Å². The molecule has 2 heterocycles. The molecule has 18 heavy (non-hydrogen) atoms. The molecule has 90 valence electrons. The van der Waals surface area contributed by atoms with E-state index >= 15 is 0 Å². The molecule has 4 nitrogen and oxygen atoms in total. The Kier molecular flexibility index (Phi) is 2.45. The highest BCUT2D eigenvalue weighted by atomic mass is 35.5. The zero-order valence-electron chi connectivity index (χ0n) is 9.74. The average molecular weight is 259 g/mol. The SMILES string of the molecule is Cc1ccc2[nH]c(-c3cc(N)cc(Cl)c3)nc2n1. The van der Waals surface area contributed by atoms with E-state index in [4.69, 9.17) is 17.3 Å². The quantitative estimate of drug-likeness (QED) is 0.659. The molecule has 0 atom stereocenters. The highest BCUT2D eigenvalue weighted by molar-refractivity contribution is 6.31. The Labute approximate surface area is 109 Å². The van der Waals surface area contributed by atoms with Gasteiger partial charge in [0, 0.05) is 22.0 Å². The standard InChI is InChI=1S/C13H11ClN4/c1-7-2-3-11-13(16-7)18-12(17-11)8-4-9(14)6-10(15)5-8/h2-6H,15H2,1H3,(H,16,17,18). The van der Waals surface area contributed by atoms with Crippen LogP contribution in [0.2, 0.25) is 5.02 Å². The van der Waals surface area contributed by atoms with Crippen LogP contribution in [0.1, 0.15) is 5.69 Å². The molecule has 0 radical (unpaired) electrons. The van der Waals surface area contributed by atoms with Crippen LogP contribution in [0.3, 0.4) is 0 Å². The molecule has 0 saturated carbocycles. The van der Waals surface area contributed by atoms with Gasteiger partial charge in [-0.25, -0.2) is 9.97 Å². The number of nitrogens with two attached hydrogens (primary N) is 1. The lowest BCUT2D eigenvalue weighted by atomic mass is 10.2. The lowest BCUT2D eigenvalue weighted by Crippen LogP contribution is -1.87. The molecule has 0 bridgehead atoms. The number of fused-ring (bicyclic) bond motifs is 1. The van der Waals surface area contributed by atoms with Gasteiger partial charge in [-0.3, -0.25) is 0 Å². The summed E-state index contributed by atoms with van der Waals surface area (Å²) in [5.74, 6) is 0.720. The summed E-state index contributed by atoms with van der Waals surface area (Å²) in [5, 5.41) is 0.592. The highest BCUT2D eigenvalue weighted by Gasteiger charge is 2.07. The van der Waals surface area contributed by atoms with E-state index in [0.717, 1.165) is 22.6 Å². The number of aryl methyl sites for hydroxylation is 1. The first kappa shape index (κ1) is 11.0. The van der Waals surface area contributed by atoms with E-state index < -0.39 is 0 Å². The number of nitrogens with zero attached hydrogens (tertiary/aromatic N) is 2. The largest absolute Gasteiger partial charge is 0.399 e. The molecule has 3 aromatic rings. The van der Waals surface area contributed by atoms with Gasteiger partial charge in [0.15, 0.2) is 5.65 Å². The van der Waals surface area contributed by atoms with Crippen molar-refractivity contribution in [2.75, 3.05) is 5.73 Å². The normalized spacial score (nSPS) is 11.0. The second-order valence-electron chi connectivity index (χ2n) is 4.18. The summed E-state index contributed by atoms with van der Waals surface area (Å²) in [6, 6.07) is 9.26. The minimum Gasteiger partial charge on any atom is -0.399 e. The molecular weight excluding hydrogens is 248 g/mol. The number of nitrogens with one attached hydrogen (secondary N) is 1. The van der Waals surface area contributed by atoms with Gasteiger partial charge in [-0.1, -0.05) is 11.6 Å². The van der Waals surface area contributed by atoms with Crippen LogP contribution < -0.4 is 5.73 Å². The van der Waals surface area contributed by atoms with Gasteiger partial charge in [0.25, 0.3) is 0 Å². The number of halogens is 1. The fraction of sp³-hybridized carbons (Fsp3) is 0.0769. The second-order valence-corrected chi connectivity index (χ2v) is 4.62. The molecule has 1 aromatic carbocycles. The predicted octanol–water partition coefficient (Wildman–Crippen LogP) is 3.17. The van der Waals surface area contributed by atoms with Gasteiger partial charge >= 0.3 is 0 Å². The first-order chi connectivity index (χ1) is 8.61. The zero-order valence-corrected chi connectivity index (χ0v) is 10.5. The summed E-state index contributed by atoms with van der Waals surface area (Å²) >= 11 is 5.99. The molecule has 0 saturated heterocycles. The molecule has 0 amide bonds. The first-order valence-corrected chi connectivity index (χ1v) is 5.89. The van der Waals surface area contributed by atoms with Crippen LogP contribution in [-0.4, -0.2) is 15.0 Å². The number of rotatable bonds is 1. The van der Waals surface area contributed by atoms with E-state index in [9.17, 15) is 0 Å². The minimum atomic E-state index is 0.592. The van der Waals surface area contributed by atoms with Gasteiger partial charge in [-0.2, -0.15) is 0 Å². The number of anilines is 1. The van der Waals surface area contributed by atoms with Crippen molar-refractivity contribution in [3.8, 4) is 11.4 Å². The third-order valence-corrected chi connectivity index (χ3v) is 2.90. The maximum absolute atomic E-state index is 5.99. The van der Waals surface area contributed by atoms with Gasteiger partial charge in [0.05, 0.1) is 5.52 Å². The molecule has 2 aromatic heterocycles. The summed E-state index contributed by atoms with van der Waals surface area (Å²) < 4.78 is 0. The number of H-pyrrole nitrogens is 1. The van der Waals surface area contributed by atoms with Gasteiger partial charge in [0.1, 0.15) is 5.82 Å². The fourth-order valence-electron chi connectivity index (χ4n) is 1.87. The van der Waals surface area contributed by atoms with Gasteiger partial charge in [-0.05, 0) is 37.3 Å². The number of nitrogen functional groups attached to an aromatic ring is 1. The molecule has 5 heteroatoms. The van der Waals surface area contributed by atoms with Crippen LogP contribution in [0.5, 0.6) is 0 Å². The number of hydrogen-bond acceptors (Lipinski definition) is 3. The second kappa shape index (κ2) is 3.99. The number of aromatic nitrogens is 3. The van der Waals surface area contributed by atoms with Crippen LogP contribution in [0.4, 0.5) is 5.69 Å². The zero-order chi connectivity index (χ0) is 12.7. The molecule has 0 aliphatic rings. The van der Waals surface area contributed by atoms with E-state index in [-0.39, 0.29) is 0 Å². The summed E-state index contributed by atoms with van der Waals surface area (Å²) in [6.07, 6.45) is 0. The van der Waals surface area contributed by atoms with Crippen molar-refractivity contribution >= 4 is 28.5 Å². The van der Waals surface area contributed by atoms with Crippen molar-refractivity contribution < 1.29 is 0 Å². The highest BCUT2D eigenvalue weighted by Crippen LogP contribution is 2.25. The monoisotopic (exact) mass is 258 g/mol. The Morgan fingerprint density at radius 2 is 2.00 bits per heavy atom. The molecule has 3 N–H and O–H groups in total. The van der Waals surface area contributed by atoms with E-state index in [2.05, 4.69) is 15.0 Å². The van der Waals surface area contributed by atoms with Crippen molar-refractivity contribution in [3.05, 3.63) is 41.0 Å². The lowest BCUT2D eigenvalue weighted by Gasteiger charge is -1.99. The Hall–Kier alpha value is -2.07. The summed E-state index contributed by atoms with van der Waals surface area (Å²) in [4.78, 5) is 12.0. The molecule has 0 aliphatic carbocycles. The van der Waals surface area contributed by atoms with Gasteiger partial charge in [0.2, 0.25) is 0 Å². The molecule has 3 rings (SSSR count). The topological polar surface area (TPSA) is 67.6 Å². The Balaban J connectivity index is 2.19. The summed E-state index contributed by atoms with van der Waals surface area (Å²) in [5.41, 5.74) is 9.77. The number of aromatic amines is 1. The maximum Gasteiger partial charge on any atom is 0.178 e. The summed E-state index contributed by atoms with van der Waals surface area (Å²) in [6.45, 7) is 1.94. The Bertz CT molecular complexity index is 713. The van der Waals surface area contributed by atoms with Crippen LogP contribution in [0, 0.1) is 6.92 Å². The fourth-order valence-corrected chi connectivity index (χ4v) is 2.12. The third-order valence-electron chi connectivity index (χ3n) is 2.68. The van der Waals surface area contributed by atoms with Crippen molar-refractivity contribution in [1.82, 2.24) is 15.0 Å². The molecule has 0 aliphatic heterocycles. The third kappa shape index (κ3) is 1.91. The minimum absolute atomic E-state index is 0.592. The van der Waals surface area contributed by atoms with Gasteiger partial charge < -0.3 is 10.7 Å². The van der Waals surface area contributed by atoms with Crippen LogP contribution >= 0.6 is 11.6 Å². The lowest BCUT2D eigenvalue weighted by molar-refractivity contribution is 1.22. The number of pyridine rings is 1. The molecule has 0 spiro atoms. The molecule has 0 unspecified atom stereocenters. The first-order valence-electron chi connectivity index (χ1n) is 5.51. The predicted molar refractivity (Wildman–Crippen MR) is 73.5 cm³/mol. The van der Waals surface area contributed by atoms with E-state index in [1.807, 2.05) is 31.2 Å². The summed E-state index contributed by atoms with van der Waals surface area (Å²) in [7, 11) is 0. The average Bonchev–Trinajstić information content (AvgIpc) is 2.70. The van der Waals surface area contributed by atoms with Gasteiger partial charge in [-0.15, -0.1) is 0 Å². The van der Waals surface area contributed by atoms with E-state index in [1.165, 1.54) is 0 Å². The van der Waals surface area contributed by atoms with Crippen molar-refractivity contribution in [3.63, 3.8) is 0 Å². The maximum atomic E-state index is 5.99. The molecular formula is C13H11ClN4. The Morgan fingerprint density at radius 3 is 2.78 bits per heavy atom. The van der Waals surface area contributed by atoms with Crippen LogP contribution in [-0.2, 0) is 0 Å². The van der Waals surface area contributed by atoms with E-state index in [0.29, 0.717) is 16.4 Å².